The zero-order valence-corrected chi connectivity index (χ0v) is 19.3. The Bertz CT molecular complexity index is 1050. The summed E-state index contributed by atoms with van der Waals surface area (Å²) < 4.78 is 5.98. The molecule has 0 unspecified atom stereocenters. The van der Waals surface area contributed by atoms with Crippen molar-refractivity contribution < 1.29 is 10.3 Å². The summed E-state index contributed by atoms with van der Waals surface area (Å²) in [6.45, 7) is 5.30. The number of fused-ring (bicyclic) bond motifs is 2. The molecule has 2 aliphatic rings. The minimum absolute atomic E-state index is 0. The van der Waals surface area contributed by atoms with E-state index in [0.29, 0.717) is 6.42 Å². The maximum absolute atomic E-state index is 11.9. The van der Waals surface area contributed by atoms with E-state index in [2.05, 4.69) is 52.3 Å². The highest BCUT2D eigenvalue weighted by molar-refractivity contribution is 7.13. The van der Waals surface area contributed by atoms with Crippen LogP contribution in [0.15, 0.2) is 42.5 Å². The predicted molar refractivity (Wildman–Crippen MR) is 131 cm³/mol. The average molecular weight is 461 g/mol. The number of amides is 1. The Morgan fingerprint density at radius 3 is 2.61 bits per heavy atom. The highest BCUT2D eigenvalue weighted by atomic mass is 35.5. The van der Waals surface area contributed by atoms with Crippen molar-refractivity contribution in [3.05, 3.63) is 53.6 Å². The first-order valence-electron chi connectivity index (χ1n) is 10.4. The van der Waals surface area contributed by atoms with Crippen LogP contribution in [-0.4, -0.2) is 60.4 Å². The number of hydrogen-bond acceptors (Lipinski definition) is 5. The van der Waals surface area contributed by atoms with Gasteiger partial charge in [0.25, 0.3) is 0 Å². The van der Waals surface area contributed by atoms with E-state index in [1.54, 1.807) is 16.4 Å². The van der Waals surface area contributed by atoms with Crippen molar-refractivity contribution in [1.82, 2.24) is 9.27 Å². The minimum Gasteiger partial charge on any atom is -0.412 e. The number of hydrogen-bond donors (Lipinski definition) is 0. The Balaban J connectivity index is 0.00000136. The summed E-state index contributed by atoms with van der Waals surface area (Å²) in [5.74, 6) is 1.37. The molecule has 5 rings (SSSR count). The highest BCUT2D eigenvalue weighted by Crippen LogP contribution is 2.30. The van der Waals surface area contributed by atoms with Crippen LogP contribution in [0.2, 0.25) is 0 Å². The molecule has 3 heterocycles. The van der Waals surface area contributed by atoms with Crippen molar-refractivity contribution in [2.45, 2.75) is 19.3 Å². The van der Waals surface area contributed by atoms with Crippen LogP contribution in [0.25, 0.3) is 10.1 Å². The molecule has 0 radical (unpaired) electrons. The summed E-state index contributed by atoms with van der Waals surface area (Å²) in [6.07, 6.45) is 2.55. The molecule has 2 aromatic carbocycles. The summed E-state index contributed by atoms with van der Waals surface area (Å²) >= 11 is 1.60. The fraction of sp³-hybridized carbons (Fsp3) is 0.391. The standard InChI is InChI=1S/C23H26N4OS.ClH.H2O/c1-25-20-8-6-17(16-18(20)7-9-22(25)28)10-11-26-12-14-27(15-13-26)23-19-4-2-3-5-21(19)29-24-23;;/h2-6,8,16H,7,9-15H2,1H3;1H;1H2. The Morgan fingerprint density at radius 2 is 1.81 bits per heavy atom. The molecule has 1 saturated heterocycles. The molecule has 0 saturated carbocycles. The van der Waals surface area contributed by atoms with E-state index < -0.39 is 0 Å². The number of anilines is 2. The van der Waals surface area contributed by atoms with Gasteiger partial charge >= 0.3 is 0 Å². The van der Waals surface area contributed by atoms with E-state index in [4.69, 9.17) is 4.37 Å². The molecule has 0 bridgehead atoms. The van der Waals surface area contributed by atoms with Crippen LogP contribution in [0.5, 0.6) is 0 Å². The van der Waals surface area contributed by atoms with Crippen molar-refractivity contribution >= 4 is 51.4 Å². The van der Waals surface area contributed by atoms with Crippen molar-refractivity contribution in [2.24, 2.45) is 0 Å². The number of carbonyl (C=O) groups excluding carboxylic acids is 1. The molecule has 2 N–H and O–H groups in total. The maximum Gasteiger partial charge on any atom is 0.227 e. The molecule has 0 atom stereocenters. The molecular weight excluding hydrogens is 432 g/mol. The second-order valence-electron chi connectivity index (χ2n) is 8.00. The molecule has 166 valence electrons. The van der Waals surface area contributed by atoms with Crippen molar-refractivity contribution in [2.75, 3.05) is 49.6 Å². The van der Waals surface area contributed by atoms with Gasteiger partial charge in [0.2, 0.25) is 5.91 Å². The lowest BCUT2D eigenvalue weighted by Gasteiger charge is -2.35. The average Bonchev–Trinajstić information content (AvgIpc) is 3.19. The summed E-state index contributed by atoms with van der Waals surface area (Å²) in [5, 5.41) is 1.28. The molecule has 6 nitrogen and oxygen atoms in total. The number of benzene rings is 2. The lowest BCUT2D eigenvalue weighted by molar-refractivity contribution is -0.118. The van der Waals surface area contributed by atoms with Gasteiger partial charge in [-0.05, 0) is 53.7 Å². The zero-order chi connectivity index (χ0) is 19.8. The fourth-order valence-corrected chi connectivity index (χ4v) is 5.23. The van der Waals surface area contributed by atoms with Gasteiger partial charge in [-0.3, -0.25) is 9.69 Å². The van der Waals surface area contributed by atoms with Crippen LogP contribution in [0.3, 0.4) is 0 Å². The van der Waals surface area contributed by atoms with Gasteiger partial charge in [-0.1, -0.05) is 24.3 Å². The third kappa shape index (κ3) is 4.70. The first-order valence-corrected chi connectivity index (χ1v) is 11.2. The molecule has 8 heteroatoms. The SMILES string of the molecule is CN1C(=O)CCc2cc(CCN3CCN(c4nsc5ccccc45)CC3)ccc21.Cl.O. The normalized spacial score (nSPS) is 16.6. The number of piperazine rings is 1. The van der Waals surface area contributed by atoms with Gasteiger partial charge in [0, 0.05) is 57.3 Å². The smallest absolute Gasteiger partial charge is 0.227 e. The van der Waals surface area contributed by atoms with E-state index in [1.807, 2.05) is 7.05 Å². The molecule has 1 fully saturated rings. The summed E-state index contributed by atoms with van der Waals surface area (Å²) in [7, 11) is 1.88. The van der Waals surface area contributed by atoms with Gasteiger partial charge < -0.3 is 15.3 Å². The molecule has 3 aromatic rings. The number of rotatable bonds is 4. The molecule has 0 spiro atoms. The van der Waals surface area contributed by atoms with Crippen LogP contribution in [0, 0.1) is 0 Å². The van der Waals surface area contributed by atoms with Crippen molar-refractivity contribution in [3.8, 4) is 0 Å². The molecule has 1 amide bonds. The highest BCUT2D eigenvalue weighted by Gasteiger charge is 2.22. The third-order valence-electron chi connectivity index (χ3n) is 6.23. The van der Waals surface area contributed by atoms with Gasteiger partial charge in [-0.2, -0.15) is 4.37 Å². The largest absolute Gasteiger partial charge is 0.412 e. The molecular formula is C23H29ClN4O2S. The summed E-state index contributed by atoms with van der Waals surface area (Å²) in [4.78, 5) is 18.7. The van der Waals surface area contributed by atoms with E-state index in [0.717, 1.165) is 57.1 Å². The molecule has 31 heavy (non-hydrogen) atoms. The second-order valence-corrected chi connectivity index (χ2v) is 8.80. The lowest BCUT2D eigenvalue weighted by Crippen LogP contribution is -2.47. The number of halogens is 1. The summed E-state index contributed by atoms with van der Waals surface area (Å²) in [6, 6.07) is 15.1. The summed E-state index contributed by atoms with van der Waals surface area (Å²) in [5.41, 5.74) is 3.76. The monoisotopic (exact) mass is 460 g/mol. The van der Waals surface area contributed by atoms with Crippen LogP contribution < -0.4 is 9.80 Å². The number of aryl methyl sites for hydroxylation is 1. The first kappa shape index (κ1) is 23.5. The van der Waals surface area contributed by atoms with E-state index >= 15 is 0 Å². The van der Waals surface area contributed by atoms with Crippen LogP contribution >= 0.6 is 23.9 Å². The van der Waals surface area contributed by atoms with Crippen LogP contribution in [-0.2, 0) is 17.6 Å². The zero-order valence-electron chi connectivity index (χ0n) is 17.7. The number of carbonyl (C=O) groups is 1. The van der Waals surface area contributed by atoms with Gasteiger partial charge in [0.05, 0.1) is 4.70 Å². The fourth-order valence-electron chi connectivity index (χ4n) is 4.44. The first-order chi connectivity index (χ1) is 14.2. The predicted octanol–water partition coefficient (Wildman–Crippen LogP) is 3.17. The number of aromatic nitrogens is 1. The molecule has 0 aliphatic carbocycles. The van der Waals surface area contributed by atoms with Crippen LogP contribution in [0.1, 0.15) is 17.5 Å². The van der Waals surface area contributed by atoms with Gasteiger partial charge in [-0.15, -0.1) is 12.4 Å². The van der Waals surface area contributed by atoms with E-state index in [9.17, 15) is 4.79 Å². The van der Waals surface area contributed by atoms with Gasteiger partial charge in [0.15, 0.2) is 0 Å². The maximum atomic E-state index is 11.9. The third-order valence-corrected chi connectivity index (χ3v) is 7.05. The molecule has 1 aromatic heterocycles. The Labute approximate surface area is 193 Å². The number of nitrogens with zero attached hydrogens (tertiary/aromatic N) is 4. The van der Waals surface area contributed by atoms with Gasteiger partial charge in [-0.25, -0.2) is 0 Å². The Hall–Kier alpha value is -2.19. The van der Waals surface area contributed by atoms with E-state index in [-0.39, 0.29) is 23.8 Å². The second kappa shape index (κ2) is 9.96. The molecule has 2 aliphatic heterocycles. The quantitative estimate of drug-likeness (QED) is 0.599. The van der Waals surface area contributed by atoms with Crippen molar-refractivity contribution in [1.29, 1.82) is 0 Å². The van der Waals surface area contributed by atoms with Gasteiger partial charge in [0.1, 0.15) is 5.82 Å². The minimum atomic E-state index is 0. The Kier molecular flexibility index (Phi) is 7.54. The topological polar surface area (TPSA) is 71.2 Å². The van der Waals surface area contributed by atoms with E-state index in [1.165, 1.54) is 21.2 Å². The van der Waals surface area contributed by atoms with Crippen LogP contribution in [0.4, 0.5) is 11.5 Å². The Morgan fingerprint density at radius 1 is 1.03 bits per heavy atom. The lowest BCUT2D eigenvalue weighted by atomic mass is 9.98. The van der Waals surface area contributed by atoms with Crippen molar-refractivity contribution in [3.63, 3.8) is 0 Å².